The van der Waals surface area contributed by atoms with Gasteiger partial charge in [0.1, 0.15) is 4.90 Å². The van der Waals surface area contributed by atoms with Gasteiger partial charge in [0.15, 0.2) is 0 Å². The van der Waals surface area contributed by atoms with Crippen LogP contribution in [0, 0.1) is 0 Å². The highest BCUT2D eigenvalue weighted by Crippen LogP contribution is 2.26. The van der Waals surface area contributed by atoms with E-state index in [0.29, 0.717) is 12.2 Å². The number of nitrogens with one attached hydrogen (secondary N) is 1. The fourth-order valence-electron chi connectivity index (χ4n) is 1.92. The molecule has 2 rings (SSSR count). The smallest absolute Gasteiger partial charge is 0.240 e. The van der Waals surface area contributed by atoms with Gasteiger partial charge < -0.3 is 11.1 Å². The molecule has 0 saturated heterocycles. The molecule has 0 saturated carbocycles. The van der Waals surface area contributed by atoms with Gasteiger partial charge in [-0.2, -0.15) is 5.10 Å². The largest absolute Gasteiger partial charge is 0.396 e. The molecule has 0 spiro atoms. The van der Waals surface area contributed by atoms with Gasteiger partial charge in [0.2, 0.25) is 10.0 Å². The Morgan fingerprint density at radius 3 is 2.75 bits per heavy atom. The molecule has 1 heterocycles. The summed E-state index contributed by atoms with van der Waals surface area (Å²) in [6, 6.07) is 6.55. The van der Waals surface area contributed by atoms with Crippen molar-refractivity contribution in [2.45, 2.75) is 24.4 Å². The molecule has 108 valence electrons. The Hall–Kier alpha value is -2.06. The molecule has 5 N–H and O–H groups in total. The van der Waals surface area contributed by atoms with E-state index in [4.69, 9.17) is 10.9 Å². The Morgan fingerprint density at radius 2 is 2.15 bits per heavy atom. The van der Waals surface area contributed by atoms with Crippen LogP contribution in [0.2, 0.25) is 0 Å². The van der Waals surface area contributed by atoms with Crippen LogP contribution in [0.3, 0.4) is 0 Å². The molecule has 7 nitrogen and oxygen atoms in total. The quantitative estimate of drug-likeness (QED) is 0.699. The van der Waals surface area contributed by atoms with Crippen molar-refractivity contribution in [2.24, 2.45) is 5.14 Å². The minimum absolute atomic E-state index is 0.0212. The molecule has 0 bridgehead atoms. The summed E-state index contributed by atoms with van der Waals surface area (Å²) in [4.78, 5) is -0.0752. The number of nitrogens with two attached hydrogens (primary N) is 2. The average molecular weight is 295 g/mol. The van der Waals surface area contributed by atoms with Crippen LogP contribution in [-0.4, -0.2) is 24.2 Å². The maximum absolute atomic E-state index is 11.4. The minimum atomic E-state index is -3.82. The first-order chi connectivity index (χ1) is 9.38. The molecule has 0 aliphatic heterocycles. The molecule has 0 fully saturated rings. The molecule has 1 aromatic carbocycles. The third kappa shape index (κ3) is 3.28. The minimum Gasteiger partial charge on any atom is -0.396 e. The van der Waals surface area contributed by atoms with E-state index >= 15 is 0 Å². The van der Waals surface area contributed by atoms with E-state index in [2.05, 4.69) is 10.4 Å². The predicted molar refractivity (Wildman–Crippen MR) is 77.5 cm³/mol. The zero-order valence-electron chi connectivity index (χ0n) is 11.0. The van der Waals surface area contributed by atoms with Crippen LogP contribution < -0.4 is 16.2 Å². The van der Waals surface area contributed by atoms with Gasteiger partial charge in [-0.25, -0.2) is 13.6 Å². The van der Waals surface area contributed by atoms with E-state index < -0.39 is 10.0 Å². The monoisotopic (exact) mass is 295 g/mol. The van der Waals surface area contributed by atoms with E-state index in [9.17, 15) is 8.42 Å². The lowest BCUT2D eigenvalue weighted by atomic mass is 10.2. The summed E-state index contributed by atoms with van der Waals surface area (Å²) < 4.78 is 24.6. The molecule has 20 heavy (non-hydrogen) atoms. The molecular weight excluding hydrogens is 278 g/mol. The Labute approximate surface area is 117 Å². The fourth-order valence-corrected chi connectivity index (χ4v) is 2.60. The highest BCUT2D eigenvalue weighted by atomic mass is 32.2. The van der Waals surface area contributed by atoms with E-state index in [1.807, 2.05) is 19.2 Å². The number of nitrogens with zero attached hydrogens (tertiary/aromatic N) is 2. The Balaban J connectivity index is 2.17. The number of sulfonamides is 1. The average Bonchev–Trinajstić information content (AvgIpc) is 2.83. The number of benzene rings is 1. The van der Waals surface area contributed by atoms with Gasteiger partial charge in [0.25, 0.3) is 0 Å². The molecule has 8 heteroatoms. The number of para-hydroxylation sites is 1. The number of nitrogen functional groups attached to an aromatic ring is 1. The SMILES string of the molecule is CC(Cn1cccn1)Nc1cccc(S(N)(=O)=O)c1N. The number of hydrogen-bond donors (Lipinski definition) is 3. The number of rotatable bonds is 5. The van der Waals surface area contributed by atoms with Crippen molar-refractivity contribution in [1.82, 2.24) is 9.78 Å². The van der Waals surface area contributed by atoms with Gasteiger partial charge in [-0.15, -0.1) is 0 Å². The predicted octanol–water partition coefficient (Wildman–Crippen LogP) is 0.613. The van der Waals surface area contributed by atoms with Crippen LogP contribution in [0.5, 0.6) is 0 Å². The highest BCUT2D eigenvalue weighted by Gasteiger charge is 2.15. The number of primary sulfonamides is 1. The van der Waals surface area contributed by atoms with E-state index in [0.717, 1.165) is 0 Å². The summed E-state index contributed by atoms with van der Waals surface area (Å²) in [6.45, 7) is 2.58. The van der Waals surface area contributed by atoms with Crippen LogP contribution in [0.1, 0.15) is 6.92 Å². The van der Waals surface area contributed by atoms with Crippen LogP contribution >= 0.6 is 0 Å². The maximum atomic E-state index is 11.4. The molecule has 1 aromatic heterocycles. The standard InChI is InChI=1S/C12H17N5O2S/c1-9(8-17-7-3-6-15-17)16-10-4-2-5-11(12(10)13)20(14,18)19/h2-7,9,16H,8,13H2,1H3,(H2,14,18,19). The molecule has 2 aromatic rings. The normalized spacial score (nSPS) is 13.1. The first kappa shape index (κ1) is 14.4. The number of hydrogen-bond acceptors (Lipinski definition) is 5. The van der Waals surface area contributed by atoms with Gasteiger partial charge >= 0.3 is 0 Å². The topological polar surface area (TPSA) is 116 Å². The van der Waals surface area contributed by atoms with Crippen LogP contribution in [0.15, 0.2) is 41.6 Å². The zero-order chi connectivity index (χ0) is 14.8. The Morgan fingerprint density at radius 1 is 1.40 bits per heavy atom. The lowest BCUT2D eigenvalue weighted by Gasteiger charge is -2.18. The van der Waals surface area contributed by atoms with Gasteiger partial charge in [-0.3, -0.25) is 4.68 Å². The van der Waals surface area contributed by atoms with Crippen molar-refractivity contribution >= 4 is 21.4 Å². The van der Waals surface area contributed by atoms with Gasteiger partial charge in [-0.05, 0) is 25.1 Å². The van der Waals surface area contributed by atoms with Crippen LogP contribution in [-0.2, 0) is 16.6 Å². The van der Waals surface area contributed by atoms with Gasteiger partial charge in [0.05, 0.1) is 17.9 Å². The highest BCUT2D eigenvalue weighted by molar-refractivity contribution is 7.89. The summed E-state index contributed by atoms with van der Waals surface area (Å²) in [5.41, 5.74) is 6.51. The zero-order valence-corrected chi connectivity index (χ0v) is 11.8. The molecule has 1 unspecified atom stereocenters. The van der Waals surface area contributed by atoms with E-state index in [1.165, 1.54) is 6.07 Å². The first-order valence-electron chi connectivity index (χ1n) is 6.03. The second-order valence-corrected chi connectivity index (χ2v) is 6.07. The Bertz CT molecular complexity index is 682. The summed E-state index contributed by atoms with van der Waals surface area (Å²) >= 11 is 0. The van der Waals surface area contributed by atoms with E-state index in [-0.39, 0.29) is 16.6 Å². The van der Waals surface area contributed by atoms with Crippen molar-refractivity contribution in [2.75, 3.05) is 11.1 Å². The second-order valence-electron chi connectivity index (χ2n) is 4.54. The van der Waals surface area contributed by atoms with Crippen LogP contribution in [0.4, 0.5) is 11.4 Å². The Kier molecular flexibility index (Phi) is 3.96. The van der Waals surface area contributed by atoms with Crippen molar-refractivity contribution in [1.29, 1.82) is 0 Å². The third-order valence-corrected chi connectivity index (χ3v) is 3.76. The number of anilines is 2. The second kappa shape index (κ2) is 5.51. The fraction of sp³-hybridized carbons (Fsp3) is 0.250. The summed E-state index contributed by atoms with van der Waals surface area (Å²) in [5.74, 6) is 0. The molecule has 0 aliphatic rings. The molecule has 0 amide bonds. The lowest BCUT2D eigenvalue weighted by molar-refractivity contribution is 0.561. The molecular formula is C12H17N5O2S. The van der Waals surface area contributed by atoms with Crippen molar-refractivity contribution < 1.29 is 8.42 Å². The van der Waals surface area contributed by atoms with Crippen molar-refractivity contribution in [3.05, 3.63) is 36.7 Å². The number of aromatic nitrogens is 2. The third-order valence-electron chi connectivity index (χ3n) is 2.79. The molecule has 1 atom stereocenters. The first-order valence-corrected chi connectivity index (χ1v) is 7.58. The summed E-state index contributed by atoms with van der Waals surface area (Å²) in [7, 11) is -3.82. The van der Waals surface area contributed by atoms with Crippen LogP contribution in [0.25, 0.3) is 0 Å². The van der Waals surface area contributed by atoms with Gasteiger partial charge in [0, 0.05) is 18.4 Å². The summed E-state index contributed by atoms with van der Waals surface area (Å²) in [6.07, 6.45) is 3.55. The van der Waals surface area contributed by atoms with Crippen molar-refractivity contribution in [3.8, 4) is 0 Å². The molecule has 0 radical (unpaired) electrons. The maximum Gasteiger partial charge on any atom is 0.240 e. The lowest BCUT2D eigenvalue weighted by Crippen LogP contribution is -2.23. The van der Waals surface area contributed by atoms with Crippen molar-refractivity contribution in [3.63, 3.8) is 0 Å². The van der Waals surface area contributed by atoms with E-state index in [1.54, 1.807) is 23.0 Å². The summed E-state index contributed by atoms with van der Waals surface area (Å²) in [5, 5.41) is 12.4. The van der Waals surface area contributed by atoms with Gasteiger partial charge in [-0.1, -0.05) is 6.07 Å². The molecule has 0 aliphatic carbocycles.